The maximum Gasteiger partial charge on any atom is 0.342 e. The van der Waals surface area contributed by atoms with Crippen molar-refractivity contribution < 1.29 is 24.2 Å². The number of carbonyl (C=O) groups excluding carboxylic acids is 2. The molecule has 1 atom stereocenters. The average molecular weight is 318 g/mol. The second-order valence-electron chi connectivity index (χ2n) is 5.60. The SMILES string of the molecule is COc1ccc(C(=O)OCC(=O)N[C@](C)(C#N)C2CC2)c(O)c1. The summed E-state index contributed by atoms with van der Waals surface area (Å²) in [6.45, 7) is 1.13. The molecule has 1 aromatic rings. The summed E-state index contributed by atoms with van der Waals surface area (Å²) in [5, 5.41) is 21.5. The first-order chi connectivity index (χ1) is 10.9. The summed E-state index contributed by atoms with van der Waals surface area (Å²) in [7, 11) is 1.43. The van der Waals surface area contributed by atoms with Crippen molar-refractivity contribution in [3.8, 4) is 17.6 Å². The van der Waals surface area contributed by atoms with E-state index in [-0.39, 0.29) is 17.2 Å². The molecular weight excluding hydrogens is 300 g/mol. The Morgan fingerprint density at radius 3 is 2.70 bits per heavy atom. The van der Waals surface area contributed by atoms with Crippen molar-refractivity contribution in [2.45, 2.75) is 25.3 Å². The van der Waals surface area contributed by atoms with Crippen LogP contribution in [0.1, 0.15) is 30.1 Å². The summed E-state index contributed by atoms with van der Waals surface area (Å²) < 4.78 is 9.79. The molecule has 0 bridgehead atoms. The Morgan fingerprint density at radius 1 is 1.48 bits per heavy atom. The molecule has 1 aliphatic carbocycles. The number of ether oxygens (including phenoxy) is 2. The zero-order valence-electron chi connectivity index (χ0n) is 13.0. The van der Waals surface area contributed by atoms with E-state index in [4.69, 9.17) is 14.7 Å². The van der Waals surface area contributed by atoms with Crippen molar-refractivity contribution in [3.63, 3.8) is 0 Å². The molecule has 0 aliphatic heterocycles. The van der Waals surface area contributed by atoms with Gasteiger partial charge < -0.3 is 19.9 Å². The number of nitrogens with one attached hydrogen (secondary N) is 1. The number of phenols is 1. The molecule has 0 aromatic heterocycles. The number of methoxy groups -OCH3 is 1. The van der Waals surface area contributed by atoms with E-state index in [1.807, 2.05) is 0 Å². The highest BCUT2D eigenvalue weighted by Crippen LogP contribution is 2.39. The van der Waals surface area contributed by atoms with Crippen LogP contribution in [-0.2, 0) is 9.53 Å². The predicted octanol–water partition coefficient (Wildman–Crippen LogP) is 1.37. The third-order valence-corrected chi connectivity index (χ3v) is 3.78. The normalized spacial score (nSPS) is 15.9. The fraction of sp³-hybridized carbons (Fsp3) is 0.438. The number of carbonyl (C=O) groups is 2. The van der Waals surface area contributed by atoms with Crippen molar-refractivity contribution in [2.24, 2.45) is 5.92 Å². The minimum Gasteiger partial charge on any atom is -0.507 e. The molecule has 1 aromatic carbocycles. The lowest BCUT2D eigenvalue weighted by Crippen LogP contribution is -2.48. The van der Waals surface area contributed by atoms with Crippen LogP contribution in [0.3, 0.4) is 0 Å². The third-order valence-electron chi connectivity index (χ3n) is 3.78. The maximum atomic E-state index is 11.9. The number of nitriles is 1. The van der Waals surface area contributed by atoms with E-state index in [0.29, 0.717) is 5.75 Å². The number of hydrogen-bond acceptors (Lipinski definition) is 6. The largest absolute Gasteiger partial charge is 0.507 e. The molecule has 23 heavy (non-hydrogen) atoms. The lowest BCUT2D eigenvalue weighted by atomic mass is 9.98. The summed E-state index contributed by atoms with van der Waals surface area (Å²) in [6, 6.07) is 6.20. The van der Waals surface area contributed by atoms with Gasteiger partial charge in [-0.3, -0.25) is 4.79 Å². The molecule has 1 amide bonds. The number of esters is 1. The number of hydrogen-bond donors (Lipinski definition) is 2. The van der Waals surface area contributed by atoms with Crippen LogP contribution in [0.4, 0.5) is 0 Å². The summed E-state index contributed by atoms with van der Waals surface area (Å²) in [4.78, 5) is 23.7. The molecule has 0 saturated heterocycles. The van der Waals surface area contributed by atoms with E-state index in [9.17, 15) is 14.7 Å². The van der Waals surface area contributed by atoms with E-state index < -0.39 is 24.0 Å². The molecule has 0 heterocycles. The van der Waals surface area contributed by atoms with Gasteiger partial charge in [0.05, 0.1) is 13.2 Å². The lowest BCUT2D eigenvalue weighted by molar-refractivity contribution is -0.125. The summed E-state index contributed by atoms with van der Waals surface area (Å²) in [5.74, 6) is -1.15. The molecule has 2 N–H and O–H groups in total. The quantitative estimate of drug-likeness (QED) is 0.767. The van der Waals surface area contributed by atoms with Crippen molar-refractivity contribution in [1.29, 1.82) is 5.26 Å². The molecule has 2 rings (SSSR count). The highest BCUT2D eigenvalue weighted by molar-refractivity contribution is 5.94. The van der Waals surface area contributed by atoms with Gasteiger partial charge in [0, 0.05) is 6.07 Å². The standard InChI is InChI=1S/C16H18N2O5/c1-16(9-17,10-3-4-10)18-14(20)8-23-15(21)12-6-5-11(22-2)7-13(12)19/h5-7,10,19H,3-4,8H2,1-2H3,(H,18,20)/t16-/m1/s1. The predicted molar refractivity (Wildman–Crippen MR) is 79.8 cm³/mol. The highest BCUT2D eigenvalue weighted by Gasteiger charge is 2.43. The van der Waals surface area contributed by atoms with Gasteiger partial charge in [-0.25, -0.2) is 4.79 Å². The Hall–Kier alpha value is -2.75. The smallest absolute Gasteiger partial charge is 0.342 e. The molecule has 7 nitrogen and oxygen atoms in total. The molecule has 1 saturated carbocycles. The summed E-state index contributed by atoms with van der Waals surface area (Å²) >= 11 is 0. The topological polar surface area (TPSA) is 109 Å². The second-order valence-corrected chi connectivity index (χ2v) is 5.60. The van der Waals surface area contributed by atoms with Gasteiger partial charge in [-0.1, -0.05) is 0 Å². The molecular formula is C16H18N2O5. The van der Waals surface area contributed by atoms with Crippen molar-refractivity contribution in [1.82, 2.24) is 5.32 Å². The highest BCUT2D eigenvalue weighted by atomic mass is 16.5. The Morgan fingerprint density at radius 2 is 2.17 bits per heavy atom. The van der Waals surface area contributed by atoms with Crippen LogP contribution in [0.25, 0.3) is 0 Å². The fourth-order valence-corrected chi connectivity index (χ4v) is 2.23. The number of rotatable bonds is 6. The molecule has 122 valence electrons. The Bertz CT molecular complexity index is 663. The first-order valence-corrected chi connectivity index (χ1v) is 7.16. The minimum absolute atomic E-state index is 0.0659. The number of amides is 1. The minimum atomic E-state index is -0.939. The van der Waals surface area contributed by atoms with Crippen LogP contribution in [0.15, 0.2) is 18.2 Å². The number of nitrogens with zero attached hydrogens (tertiary/aromatic N) is 1. The van der Waals surface area contributed by atoms with E-state index in [2.05, 4.69) is 11.4 Å². The van der Waals surface area contributed by atoms with Crippen molar-refractivity contribution in [3.05, 3.63) is 23.8 Å². The first-order valence-electron chi connectivity index (χ1n) is 7.16. The molecule has 1 fully saturated rings. The van der Waals surface area contributed by atoms with Gasteiger partial charge in [-0.2, -0.15) is 5.26 Å². The number of phenolic OH excluding ortho intramolecular Hbond substituents is 1. The van der Waals surface area contributed by atoms with Gasteiger partial charge >= 0.3 is 5.97 Å². The van der Waals surface area contributed by atoms with Gasteiger partial charge in [0.25, 0.3) is 5.91 Å². The van der Waals surface area contributed by atoms with Crippen LogP contribution in [-0.4, -0.2) is 36.2 Å². The zero-order chi connectivity index (χ0) is 17.0. The Labute approximate surface area is 133 Å². The number of aromatic hydroxyl groups is 1. The number of benzene rings is 1. The third kappa shape index (κ3) is 3.92. The van der Waals surface area contributed by atoms with Gasteiger partial charge in [-0.15, -0.1) is 0 Å². The zero-order valence-corrected chi connectivity index (χ0v) is 13.0. The van der Waals surface area contributed by atoms with E-state index in [1.165, 1.54) is 25.3 Å². The van der Waals surface area contributed by atoms with Crippen molar-refractivity contribution in [2.75, 3.05) is 13.7 Å². The summed E-state index contributed by atoms with van der Waals surface area (Å²) in [5.41, 5.74) is -1.00. The summed E-state index contributed by atoms with van der Waals surface area (Å²) in [6.07, 6.45) is 1.79. The fourth-order valence-electron chi connectivity index (χ4n) is 2.23. The molecule has 7 heteroatoms. The molecule has 1 aliphatic rings. The van der Waals surface area contributed by atoms with E-state index >= 15 is 0 Å². The van der Waals surface area contributed by atoms with Crippen LogP contribution in [0, 0.1) is 17.2 Å². The van der Waals surface area contributed by atoms with E-state index in [1.54, 1.807) is 6.92 Å². The van der Waals surface area contributed by atoms with Gasteiger partial charge in [0.1, 0.15) is 22.6 Å². The average Bonchev–Trinajstić information content (AvgIpc) is 3.37. The van der Waals surface area contributed by atoms with Crippen LogP contribution in [0.2, 0.25) is 0 Å². The van der Waals surface area contributed by atoms with Gasteiger partial charge in [0.15, 0.2) is 6.61 Å². The Balaban J connectivity index is 1.91. The maximum absolute atomic E-state index is 11.9. The van der Waals surface area contributed by atoms with Crippen LogP contribution < -0.4 is 10.1 Å². The van der Waals surface area contributed by atoms with Gasteiger partial charge in [0.2, 0.25) is 0 Å². The van der Waals surface area contributed by atoms with Gasteiger partial charge in [-0.05, 0) is 37.8 Å². The van der Waals surface area contributed by atoms with Crippen molar-refractivity contribution >= 4 is 11.9 Å². The Kier molecular flexibility index (Phi) is 4.74. The van der Waals surface area contributed by atoms with Crippen LogP contribution >= 0.6 is 0 Å². The molecule has 0 spiro atoms. The first kappa shape index (κ1) is 16.6. The second kappa shape index (κ2) is 6.57. The lowest BCUT2D eigenvalue weighted by Gasteiger charge is -2.22. The van der Waals surface area contributed by atoms with E-state index in [0.717, 1.165) is 12.8 Å². The molecule has 0 unspecified atom stereocenters. The van der Waals surface area contributed by atoms with Crippen LogP contribution in [0.5, 0.6) is 11.5 Å². The monoisotopic (exact) mass is 318 g/mol. The molecule has 0 radical (unpaired) electrons.